The van der Waals surface area contributed by atoms with E-state index in [-0.39, 0.29) is 24.2 Å². The summed E-state index contributed by atoms with van der Waals surface area (Å²) >= 11 is 0. The number of likely N-dealkylation sites (tertiary alicyclic amines) is 1. The van der Waals surface area contributed by atoms with Crippen LogP contribution in [0.25, 0.3) is 0 Å². The molecule has 0 bridgehead atoms. The van der Waals surface area contributed by atoms with Crippen molar-refractivity contribution < 1.29 is 9.59 Å². The molecular weight excluding hydrogens is 328 g/mol. The molecule has 6 nitrogen and oxygen atoms in total. The van der Waals surface area contributed by atoms with Crippen LogP contribution in [-0.2, 0) is 16.0 Å². The largest absolute Gasteiger partial charge is 0.341 e. The second-order valence-corrected chi connectivity index (χ2v) is 7.25. The summed E-state index contributed by atoms with van der Waals surface area (Å²) in [7, 11) is 0. The summed E-state index contributed by atoms with van der Waals surface area (Å²) < 4.78 is 0. The fourth-order valence-corrected chi connectivity index (χ4v) is 4.18. The number of amides is 2. The van der Waals surface area contributed by atoms with Gasteiger partial charge in [0.15, 0.2) is 0 Å². The Bertz CT molecular complexity index is 811. The molecule has 4 heterocycles. The number of anilines is 1. The van der Waals surface area contributed by atoms with Gasteiger partial charge in [0.2, 0.25) is 11.8 Å². The van der Waals surface area contributed by atoms with E-state index in [1.54, 1.807) is 18.6 Å². The molecular formula is C20H22N4O2. The van der Waals surface area contributed by atoms with Gasteiger partial charge < -0.3 is 9.80 Å². The highest BCUT2D eigenvalue weighted by molar-refractivity contribution is 6.01. The van der Waals surface area contributed by atoms with Crippen molar-refractivity contribution in [3.63, 3.8) is 0 Å². The van der Waals surface area contributed by atoms with Crippen LogP contribution in [0.4, 0.5) is 5.69 Å². The molecule has 1 spiro atoms. The van der Waals surface area contributed by atoms with Crippen LogP contribution in [0.15, 0.2) is 48.9 Å². The molecule has 26 heavy (non-hydrogen) atoms. The number of aromatic nitrogens is 2. The van der Waals surface area contributed by atoms with Gasteiger partial charge in [-0.05, 0) is 36.6 Å². The number of pyridine rings is 2. The van der Waals surface area contributed by atoms with E-state index in [0.29, 0.717) is 19.6 Å². The van der Waals surface area contributed by atoms with Gasteiger partial charge in [-0.15, -0.1) is 0 Å². The molecule has 0 aliphatic carbocycles. The standard InChI is InChI=1S/C20H22N4O2/c1-15-13-23(18(25)11-16-5-2-3-9-22-16)14-20(15)7-10-24(19(20)26)17-6-4-8-21-12-17/h2-6,8-9,12,15H,7,10-11,13-14H2,1H3/t15-,20-/m0/s1. The summed E-state index contributed by atoms with van der Waals surface area (Å²) in [6, 6.07) is 9.33. The fraction of sp³-hybridized carbons (Fsp3) is 0.400. The first-order chi connectivity index (χ1) is 12.6. The van der Waals surface area contributed by atoms with Gasteiger partial charge in [0.25, 0.3) is 0 Å². The summed E-state index contributed by atoms with van der Waals surface area (Å²) in [6.45, 7) is 3.88. The molecule has 2 fully saturated rings. The summed E-state index contributed by atoms with van der Waals surface area (Å²) in [6.07, 6.45) is 6.18. The van der Waals surface area contributed by atoms with Crippen LogP contribution in [0.1, 0.15) is 19.0 Å². The van der Waals surface area contributed by atoms with Crippen molar-refractivity contribution >= 4 is 17.5 Å². The lowest BCUT2D eigenvalue weighted by Crippen LogP contribution is -2.40. The number of nitrogens with zero attached hydrogens (tertiary/aromatic N) is 4. The van der Waals surface area contributed by atoms with Crippen LogP contribution in [0, 0.1) is 11.3 Å². The first kappa shape index (κ1) is 16.7. The summed E-state index contributed by atoms with van der Waals surface area (Å²) in [5.74, 6) is 0.301. The Hall–Kier alpha value is -2.76. The van der Waals surface area contributed by atoms with Crippen molar-refractivity contribution in [2.45, 2.75) is 19.8 Å². The molecule has 2 aliphatic rings. The normalized spacial score (nSPS) is 25.3. The SMILES string of the molecule is C[C@H]1CN(C(=O)Cc2ccccn2)C[C@@]12CCN(c1cccnc1)C2=O. The van der Waals surface area contributed by atoms with Crippen molar-refractivity contribution in [2.24, 2.45) is 11.3 Å². The molecule has 2 saturated heterocycles. The van der Waals surface area contributed by atoms with Gasteiger partial charge in [-0.3, -0.25) is 19.6 Å². The van der Waals surface area contributed by atoms with E-state index in [9.17, 15) is 9.59 Å². The van der Waals surface area contributed by atoms with Crippen LogP contribution in [0.5, 0.6) is 0 Å². The van der Waals surface area contributed by atoms with Gasteiger partial charge in [-0.2, -0.15) is 0 Å². The summed E-state index contributed by atoms with van der Waals surface area (Å²) in [4.78, 5) is 37.9. The van der Waals surface area contributed by atoms with E-state index in [4.69, 9.17) is 0 Å². The summed E-state index contributed by atoms with van der Waals surface area (Å²) in [5, 5.41) is 0. The second kappa shape index (κ2) is 6.52. The van der Waals surface area contributed by atoms with Crippen molar-refractivity contribution in [3.8, 4) is 0 Å². The van der Waals surface area contributed by atoms with Gasteiger partial charge >= 0.3 is 0 Å². The number of carbonyl (C=O) groups is 2. The monoisotopic (exact) mass is 350 g/mol. The molecule has 2 aromatic rings. The number of hydrogen-bond donors (Lipinski definition) is 0. The van der Waals surface area contributed by atoms with Crippen molar-refractivity contribution in [1.29, 1.82) is 0 Å². The van der Waals surface area contributed by atoms with Gasteiger partial charge in [0, 0.05) is 37.7 Å². The van der Waals surface area contributed by atoms with Crippen LogP contribution in [0.3, 0.4) is 0 Å². The number of carbonyl (C=O) groups excluding carboxylic acids is 2. The highest BCUT2D eigenvalue weighted by atomic mass is 16.2. The number of hydrogen-bond acceptors (Lipinski definition) is 4. The minimum atomic E-state index is -0.477. The van der Waals surface area contributed by atoms with E-state index in [1.165, 1.54) is 0 Å². The minimum Gasteiger partial charge on any atom is -0.341 e. The first-order valence-corrected chi connectivity index (χ1v) is 9.00. The molecule has 6 heteroatoms. The molecule has 134 valence electrons. The average Bonchev–Trinajstić information content (AvgIpc) is 3.18. The van der Waals surface area contributed by atoms with E-state index < -0.39 is 5.41 Å². The van der Waals surface area contributed by atoms with Gasteiger partial charge in [-0.1, -0.05) is 13.0 Å². The Balaban J connectivity index is 1.50. The molecule has 0 aromatic carbocycles. The Morgan fingerprint density at radius 3 is 2.88 bits per heavy atom. The van der Waals surface area contributed by atoms with Crippen LogP contribution >= 0.6 is 0 Å². The lowest BCUT2D eigenvalue weighted by Gasteiger charge is -2.26. The maximum atomic E-state index is 13.2. The highest BCUT2D eigenvalue weighted by Gasteiger charge is 2.56. The lowest BCUT2D eigenvalue weighted by atomic mass is 9.78. The van der Waals surface area contributed by atoms with Crippen molar-refractivity contribution in [1.82, 2.24) is 14.9 Å². The maximum absolute atomic E-state index is 13.2. The van der Waals surface area contributed by atoms with Crippen LogP contribution < -0.4 is 4.90 Å². The zero-order chi connectivity index (χ0) is 18.1. The van der Waals surface area contributed by atoms with E-state index in [2.05, 4.69) is 16.9 Å². The molecule has 2 atom stereocenters. The third-order valence-electron chi connectivity index (χ3n) is 5.73. The smallest absolute Gasteiger partial charge is 0.235 e. The Kier molecular flexibility index (Phi) is 4.18. The second-order valence-electron chi connectivity index (χ2n) is 7.25. The quantitative estimate of drug-likeness (QED) is 0.848. The fourth-order valence-electron chi connectivity index (χ4n) is 4.18. The third kappa shape index (κ3) is 2.75. The maximum Gasteiger partial charge on any atom is 0.235 e. The van der Waals surface area contributed by atoms with Gasteiger partial charge in [0.05, 0.1) is 23.7 Å². The zero-order valence-electron chi connectivity index (χ0n) is 14.8. The Morgan fingerprint density at radius 1 is 1.27 bits per heavy atom. The van der Waals surface area contributed by atoms with E-state index >= 15 is 0 Å². The predicted molar refractivity (Wildman–Crippen MR) is 97.3 cm³/mol. The highest BCUT2D eigenvalue weighted by Crippen LogP contribution is 2.45. The van der Waals surface area contributed by atoms with Crippen LogP contribution in [0.2, 0.25) is 0 Å². The molecule has 0 saturated carbocycles. The Labute approximate surface area is 152 Å². The van der Waals surface area contributed by atoms with Gasteiger partial charge in [0.1, 0.15) is 0 Å². The lowest BCUT2D eigenvalue weighted by molar-refractivity contribution is -0.130. The minimum absolute atomic E-state index is 0.0417. The molecule has 4 rings (SSSR count). The summed E-state index contributed by atoms with van der Waals surface area (Å²) in [5.41, 5.74) is 1.12. The van der Waals surface area contributed by atoms with E-state index in [0.717, 1.165) is 17.8 Å². The van der Waals surface area contributed by atoms with Gasteiger partial charge in [-0.25, -0.2) is 0 Å². The molecule has 2 aliphatic heterocycles. The number of rotatable bonds is 3. The zero-order valence-corrected chi connectivity index (χ0v) is 14.8. The Morgan fingerprint density at radius 2 is 2.15 bits per heavy atom. The van der Waals surface area contributed by atoms with Crippen molar-refractivity contribution in [2.75, 3.05) is 24.5 Å². The molecule has 2 aromatic heterocycles. The van der Waals surface area contributed by atoms with E-state index in [1.807, 2.05) is 40.1 Å². The third-order valence-corrected chi connectivity index (χ3v) is 5.73. The predicted octanol–water partition coefficient (Wildman–Crippen LogP) is 1.92. The first-order valence-electron chi connectivity index (χ1n) is 9.00. The van der Waals surface area contributed by atoms with Crippen molar-refractivity contribution in [3.05, 3.63) is 54.6 Å². The average molecular weight is 350 g/mol. The topological polar surface area (TPSA) is 66.4 Å². The molecule has 0 unspecified atom stereocenters. The molecule has 0 radical (unpaired) electrons. The van der Waals surface area contributed by atoms with Crippen LogP contribution in [-0.4, -0.2) is 46.3 Å². The molecule has 2 amide bonds. The molecule has 0 N–H and O–H groups in total.